The van der Waals surface area contributed by atoms with Gasteiger partial charge in [-0.15, -0.1) is 0 Å². The maximum absolute atomic E-state index is 13.2. The number of ether oxygens (including phenoxy) is 2. The third-order valence-electron chi connectivity index (χ3n) is 6.64. The summed E-state index contributed by atoms with van der Waals surface area (Å²) in [5.41, 5.74) is 4.82. The van der Waals surface area contributed by atoms with Gasteiger partial charge < -0.3 is 14.4 Å². The second-order valence-electron chi connectivity index (χ2n) is 9.65. The van der Waals surface area contributed by atoms with Crippen molar-refractivity contribution < 1.29 is 19.1 Å². The molecule has 0 unspecified atom stereocenters. The summed E-state index contributed by atoms with van der Waals surface area (Å²) < 4.78 is 10.9. The number of hydrogen-bond acceptors (Lipinski definition) is 5. The van der Waals surface area contributed by atoms with Gasteiger partial charge >= 0.3 is 5.97 Å². The van der Waals surface area contributed by atoms with Crippen LogP contribution in [0.3, 0.4) is 0 Å². The molecule has 2 aliphatic rings. The molecule has 1 heterocycles. The Morgan fingerprint density at radius 3 is 2.11 bits per heavy atom. The summed E-state index contributed by atoms with van der Waals surface area (Å²) in [6, 6.07) is 13.9. The molecular weight excluding hydrogens is 438 g/mol. The molecule has 0 N–H and O–H groups in total. The van der Waals surface area contributed by atoms with Crippen molar-refractivity contribution in [2.24, 2.45) is 5.92 Å². The first-order valence-electron chi connectivity index (χ1n) is 12.6. The molecule has 1 saturated carbocycles. The Kier molecular flexibility index (Phi) is 8.06. The van der Waals surface area contributed by atoms with Gasteiger partial charge in [0, 0.05) is 29.9 Å². The van der Waals surface area contributed by atoms with Crippen molar-refractivity contribution >= 4 is 29.6 Å². The topological polar surface area (TPSA) is 55.8 Å². The van der Waals surface area contributed by atoms with Gasteiger partial charge in [0.05, 0.1) is 13.0 Å². The van der Waals surface area contributed by atoms with Crippen LogP contribution in [0.2, 0.25) is 0 Å². The standard InChI is InChI=1S/C30H35NO4/c1-21(2)30(33)35-27-15-12-23(20-28(27)34-3)19-25-9-7-8-24(29(25)32)18-22-10-13-26(14-11-22)31-16-5-4-6-17-31/h10-15,18-21H,4-9,16-17H2,1-3H3/b24-18+,25-19+. The lowest BCUT2D eigenvalue weighted by Gasteiger charge is -2.28. The summed E-state index contributed by atoms with van der Waals surface area (Å²) in [5, 5.41) is 0. The van der Waals surface area contributed by atoms with E-state index in [2.05, 4.69) is 29.2 Å². The number of benzene rings is 2. The fourth-order valence-electron chi connectivity index (χ4n) is 4.60. The summed E-state index contributed by atoms with van der Waals surface area (Å²) >= 11 is 0. The van der Waals surface area contributed by atoms with Gasteiger partial charge in [-0.1, -0.05) is 32.0 Å². The molecule has 4 rings (SSSR count). The molecule has 2 aromatic carbocycles. The van der Waals surface area contributed by atoms with Crippen LogP contribution < -0.4 is 14.4 Å². The van der Waals surface area contributed by atoms with Crippen molar-refractivity contribution in [2.45, 2.75) is 52.4 Å². The van der Waals surface area contributed by atoms with Gasteiger partial charge in [0.25, 0.3) is 0 Å². The Bertz CT molecular complexity index is 1120. The molecule has 5 heteroatoms. The number of piperidine rings is 1. The van der Waals surface area contributed by atoms with Crippen LogP contribution in [0, 0.1) is 5.92 Å². The number of carbonyl (C=O) groups excluding carboxylic acids is 2. The molecule has 1 aliphatic carbocycles. The number of carbonyl (C=O) groups is 2. The molecule has 0 spiro atoms. The first kappa shape index (κ1) is 24.8. The molecule has 184 valence electrons. The second kappa shape index (κ2) is 11.4. The predicted molar refractivity (Wildman–Crippen MR) is 141 cm³/mol. The number of rotatable bonds is 6. The number of ketones is 1. The highest BCUT2D eigenvalue weighted by atomic mass is 16.6. The van der Waals surface area contributed by atoms with Crippen LogP contribution in [-0.2, 0) is 9.59 Å². The largest absolute Gasteiger partial charge is 0.493 e. The SMILES string of the molecule is COc1cc(/C=C2\CCC/C(=C\c3ccc(N4CCCCC4)cc3)C2=O)ccc1OC(=O)C(C)C. The Morgan fingerprint density at radius 2 is 1.49 bits per heavy atom. The number of allylic oxidation sites excluding steroid dienone is 2. The van der Waals surface area contributed by atoms with E-state index in [-0.39, 0.29) is 17.7 Å². The van der Waals surface area contributed by atoms with Crippen LogP contribution in [0.25, 0.3) is 12.2 Å². The molecule has 0 bridgehead atoms. The quantitative estimate of drug-likeness (QED) is 0.273. The summed E-state index contributed by atoms with van der Waals surface area (Å²) in [4.78, 5) is 27.7. The van der Waals surface area contributed by atoms with Crippen LogP contribution in [0.5, 0.6) is 11.5 Å². The van der Waals surface area contributed by atoms with E-state index in [0.29, 0.717) is 11.5 Å². The molecule has 1 aliphatic heterocycles. The highest BCUT2D eigenvalue weighted by Crippen LogP contribution is 2.32. The van der Waals surface area contributed by atoms with Crippen molar-refractivity contribution in [1.29, 1.82) is 0 Å². The maximum Gasteiger partial charge on any atom is 0.313 e. The number of esters is 1. The molecule has 5 nitrogen and oxygen atoms in total. The third kappa shape index (κ3) is 6.21. The number of hydrogen-bond donors (Lipinski definition) is 0. The molecule has 35 heavy (non-hydrogen) atoms. The summed E-state index contributed by atoms with van der Waals surface area (Å²) in [6.07, 6.45) is 10.3. The monoisotopic (exact) mass is 473 g/mol. The second-order valence-corrected chi connectivity index (χ2v) is 9.65. The molecule has 0 radical (unpaired) electrons. The average Bonchev–Trinajstić information content (AvgIpc) is 2.88. The molecule has 0 amide bonds. The van der Waals surface area contributed by atoms with Gasteiger partial charge in [0.2, 0.25) is 0 Å². The van der Waals surface area contributed by atoms with E-state index < -0.39 is 0 Å². The van der Waals surface area contributed by atoms with E-state index in [4.69, 9.17) is 9.47 Å². The van der Waals surface area contributed by atoms with Gasteiger partial charge in [0.1, 0.15) is 0 Å². The van der Waals surface area contributed by atoms with Gasteiger partial charge in [-0.25, -0.2) is 0 Å². The van der Waals surface area contributed by atoms with E-state index >= 15 is 0 Å². The van der Waals surface area contributed by atoms with Crippen LogP contribution in [0.15, 0.2) is 53.6 Å². The van der Waals surface area contributed by atoms with Crippen molar-refractivity contribution in [2.75, 3.05) is 25.1 Å². The molecule has 1 saturated heterocycles. The smallest absolute Gasteiger partial charge is 0.313 e. The van der Waals surface area contributed by atoms with Crippen molar-refractivity contribution in [1.82, 2.24) is 0 Å². The molecule has 2 fully saturated rings. The zero-order chi connectivity index (χ0) is 24.8. The van der Waals surface area contributed by atoms with E-state index in [1.807, 2.05) is 18.2 Å². The van der Waals surface area contributed by atoms with E-state index in [9.17, 15) is 9.59 Å². The minimum Gasteiger partial charge on any atom is -0.493 e. The first-order chi connectivity index (χ1) is 16.9. The molecule has 2 aromatic rings. The maximum atomic E-state index is 13.2. The van der Waals surface area contributed by atoms with E-state index in [1.54, 1.807) is 33.1 Å². The van der Waals surface area contributed by atoms with Gasteiger partial charge in [-0.05, 0) is 86.1 Å². The molecule has 0 aromatic heterocycles. The molecular formula is C30H35NO4. The number of methoxy groups -OCH3 is 1. The van der Waals surface area contributed by atoms with Crippen LogP contribution in [0.4, 0.5) is 5.69 Å². The van der Waals surface area contributed by atoms with Crippen molar-refractivity contribution in [3.05, 3.63) is 64.7 Å². The Labute approximate surface area is 208 Å². The van der Waals surface area contributed by atoms with Crippen LogP contribution in [0.1, 0.15) is 63.5 Å². The highest BCUT2D eigenvalue weighted by molar-refractivity contribution is 6.14. The summed E-state index contributed by atoms with van der Waals surface area (Å²) in [5.74, 6) is 0.423. The number of Topliss-reactive ketones (excluding diaryl/α,β-unsaturated/α-hetero) is 1. The summed E-state index contributed by atoms with van der Waals surface area (Å²) in [6.45, 7) is 5.82. The lowest BCUT2D eigenvalue weighted by molar-refractivity contribution is -0.137. The third-order valence-corrected chi connectivity index (χ3v) is 6.64. The highest BCUT2D eigenvalue weighted by Gasteiger charge is 2.21. The Balaban J connectivity index is 1.50. The van der Waals surface area contributed by atoms with Gasteiger partial charge in [0.15, 0.2) is 17.3 Å². The van der Waals surface area contributed by atoms with E-state index in [1.165, 1.54) is 24.9 Å². The Hall–Kier alpha value is -3.34. The minimum atomic E-state index is -0.310. The van der Waals surface area contributed by atoms with E-state index in [0.717, 1.165) is 54.6 Å². The Morgan fingerprint density at radius 1 is 0.857 bits per heavy atom. The van der Waals surface area contributed by atoms with Gasteiger partial charge in [-0.3, -0.25) is 9.59 Å². The first-order valence-corrected chi connectivity index (χ1v) is 12.6. The predicted octanol–water partition coefficient (Wildman–Crippen LogP) is 6.47. The zero-order valence-corrected chi connectivity index (χ0v) is 21.0. The zero-order valence-electron chi connectivity index (χ0n) is 21.0. The number of nitrogens with zero attached hydrogens (tertiary/aromatic N) is 1. The van der Waals surface area contributed by atoms with Crippen LogP contribution in [-0.4, -0.2) is 32.0 Å². The lowest BCUT2D eigenvalue weighted by atomic mass is 9.87. The lowest BCUT2D eigenvalue weighted by Crippen LogP contribution is -2.29. The van der Waals surface area contributed by atoms with Crippen molar-refractivity contribution in [3.8, 4) is 11.5 Å². The summed E-state index contributed by atoms with van der Waals surface area (Å²) in [7, 11) is 1.54. The fraction of sp³-hybridized carbons (Fsp3) is 0.400. The van der Waals surface area contributed by atoms with Gasteiger partial charge in [-0.2, -0.15) is 0 Å². The normalized spacial score (nSPS) is 18.9. The van der Waals surface area contributed by atoms with Crippen LogP contribution >= 0.6 is 0 Å². The minimum absolute atomic E-state index is 0.102. The fourth-order valence-corrected chi connectivity index (χ4v) is 4.60. The number of anilines is 1. The molecule has 0 atom stereocenters. The average molecular weight is 474 g/mol. The van der Waals surface area contributed by atoms with Crippen molar-refractivity contribution in [3.63, 3.8) is 0 Å².